The molecule has 2 aromatic rings. The summed E-state index contributed by atoms with van der Waals surface area (Å²) >= 11 is 1.67. The number of ether oxygens (including phenoxy) is 2. The Bertz CT molecular complexity index is 766. The zero-order valence-corrected chi connectivity index (χ0v) is 16.6. The van der Waals surface area contributed by atoms with Gasteiger partial charge in [-0.05, 0) is 43.9 Å². The molecule has 0 fully saturated rings. The molecule has 0 bridgehead atoms. The number of aryl methyl sites for hydroxylation is 2. The molecule has 3 rings (SSSR count). The van der Waals surface area contributed by atoms with E-state index in [0.29, 0.717) is 31.3 Å². The molecule has 1 N–H and O–H groups in total. The topological polar surface area (TPSA) is 60.5 Å². The van der Waals surface area contributed by atoms with Crippen molar-refractivity contribution in [2.75, 3.05) is 13.2 Å². The van der Waals surface area contributed by atoms with Crippen LogP contribution in [0.3, 0.4) is 0 Å². The van der Waals surface area contributed by atoms with E-state index in [2.05, 4.69) is 31.1 Å². The third-order valence-electron chi connectivity index (χ3n) is 4.36. The summed E-state index contributed by atoms with van der Waals surface area (Å²) in [5, 5.41) is 4.16. The van der Waals surface area contributed by atoms with Crippen molar-refractivity contribution < 1.29 is 14.3 Å². The number of fused-ring (bicyclic) bond motifs is 1. The molecule has 2 heterocycles. The standard InChI is InChI=1S/C20H26N2O3S/c1-12(2)9-16(20-21-13(3)14(4)26-20)22-19(23)11-15-5-6-17-18(10-15)25-8-7-24-17/h5-6,10,12,16H,7-9,11H2,1-4H3,(H,22,23). The largest absolute Gasteiger partial charge is 0.486 e. The van der Waals surface area contributed by atoms with E-state index in [9.17, 15) is 4.79 Å². The second-order valence-electron chi connectivity index (χ2n) is 7.10. The molecule has 1 unspecified atom stereocenters. The van der Waals surface area contributed by atoms with Crippen LogP contribution in [0.15, 0.2) is 18.2 Å². The molecule has 0 saturated carbocycles. The van der Waals surface area contributed by atoms with Crippen molar-refractivity contribution in [3.05, 3.63) is 39.3 Å². The number of hydrogen-bond donors (Lipinski definition) is 1. The Kier molecular flexibility index (Phi) is 5.81. The minimum absolute atomic E-state index is 0.00201. The maximum absolute atomic E-state index is 12.6. The van der Waals surface area contributed by atoms with E-state index in [1.165, 1.54) is 4.88 Å². The van der Waals surface area contributed by atoms with Crippen molar-refractivity contribution in [3.63, 3.8) is 0 Å². The predicted molar refractivity (Wildman–Crippen MR) is 103 cm³/mol. The van der Waals surface area contributed by atoms with E-state index in [-0.39, 0.29) is 11.9 Å². The molecule has 1 aliphatic rings. The van der Waals surface area contributed by atoms with Crippen LogP contribution in [0.5, 0.6) is 11.5 Å². The molecule has 1 aliphatic heterocycles. The fourth-order valence-electron chi connectivity index (χ4n) is 2.97. The molecule has 1 aromatic carbocycles. The van der Waals surface area contributed by atoms with Gasteiger partial charge in [0.1, 0.15) is 18.2 Å². The Hall–Kier alpha value is -2.08. The van der Waals surface area contributed by atoms with Crippen molar-refractivity contribution in [2.45, 2.75) is 46.6 Å². The van der Waals surface area contributed by atoms with Crippen LogP contribution < -0.4 is 14.8 Å². The quantitative estimate of drug-likeness (QED) is 0.831. The normalized spacial score (nSPS) is 14.3. The van der Waals surface area contributed by atoms with E-state index >= 15 is 0 Å². The molecule has 1 aromatic heterocycles. The number of amides is 1. The summed E-state index contributed by atoms with van der Waals surface area (Å²) < 4.78 is 11.1. The summed E-state index contributed by atoms with van der Waals surface area (Å²) in [6, 6.07) is 5.64. The van der Waals surface area contributed by atoms with Crippen molar-refractivity contribution in [1.82, 2.24) is 10.3 Å². The fourth-order valence-corrected chi connectivity index (χ4v) is 3.95. The lowest BCUT2D eigenvalue weighted by Gasteiger charge is -2.20. The van der Waals surface area contributed by atoms with Crippen LogP contribution in [0.1, 0.15) is 47.5 Å². The Morgan fingerprint density at radius 3 is 2.62 bits per heavy atom. The number of carbonyl (C=O) groups excluding carboxylic acids is 1. The van der Waals surface area contributed by atoms with Crippen LogP contribution in [0.2, 0.25) is 0 Å². The van der Waals surface area contributed by atoms with Crippen LogP contribution in [-0.4, -0.2) is 24.1 Å². The van der Waals surface area contributed by atoms with Gasteiger partial charge in [-0.2, -0.15) is 0 Å². The molecule has 26 heavy (non-hydrogen) atoms. The van der Waals surface area contributed by atoms with Gasteiger partial charge in [-0.1, -0.05) is 19.9 Å². The minimum Gasteiger partial charge on any atom is -0.486 e. The Balaban J connectivity index is 1.69. The molecule has 1 atom stereocenters. The van der Waals surface area contributed by atoms with Gasteiger partial charge < -0.3 is 14.8 Å². The number of hydrogen-bond acceptors (Lipinski definition) is 5. The van der Waals surface area contributed by atoms with Crippen molar-refractivity contribution in [1.29, 1.82) is 0 Å². The highest BCUT2D eigenvalue weighted by Gasteiger charge is 2.21. The van der Waals surface area contributed by atoms with Gasteiger partial charge in [-0.15, -0.1) is 11.3 Å². The number of aromatic nitrogens is 1. The highest BCUT2D eigenvalue weighted by Crippen LogP contribution is 2.31. The Morgan fingerprint density at radius 2 is 1.96 bits per heavy atom. The van der Waals surface area contributed by atoms with Crippen molar-refractivity contribution in [2.24, 2.45) is 5.92 Å². The van der Waals surface area contributed by atoms with Gasteiger partial charge >= 0.3 is 0 Å². The van der Waals surface area contributed by atoms with Gasteiger partial charge in [0, 0.05) is 4.88 Å². The molecular weight excluding hydrogens is 348 g/mol. The summed E-state index contributed by atoms with van der Waals surface area (Å²) in [4.78, 5) is 18.5. The average Bonchev–Trinajstić information content (AvgIpc) is 2.93. The van der Waals surface area contributed by atoms with E-state index < -0.39 is 0 Å². The summed E-state index contributed by atoms with van der Waals surface area (Å²) in [7, 11) is 0. The minimum atomic E-state index is -0.0443. The first-order valence-electron chi connectivity index (χ1n) is 9.04. The van der Waals surface area contributed by atoms with E-state index in [1.807, 2.05) is 25.1 Å². The maximum Gasteiger partial charge on any atom is 0.224 e. The Morgan fingerprint density at radius 1 is 1.23 bits per heavy atom. The second-order valence-corrected chi connectivity index (χ2v) is 8.33. The summed E-state index contributed by atoms with van der Waals surface area (Å²) in [6.45, 7) is 9.51. The lowest BCUT2D eigenvalue weighted by atomic mass is 10.0. The van der Waals surface area contributed by atoms with Gasteiger partial charge in [0.05, 0.1) is 18.2 Å². The van der Waals surface area contributed by atoms with Gasteiger partial charge in [-0.3, -0.25) is 4.79 Å². The number of rotatable bonds is 6. The molecule has 6 heteroatoms. The third kappa shape index (κ3) is 4.55. The van der Waals surface area contributed by atoms with Gasteiger partial charge in [-0.25, -0.2) is 4.98 Å². The van der Waals surface area contributed by atoms with E-state index in [4.69, 9.17) is 9.47 Å². The molecule has 5 nitrogen and oxygen atoms in total. The number of thiazole rings is 1. The zero-order valence-electron chi connectivity index (χ0n) is 15.8. The van der Waals surface area contributed by atoms with Crippen LogP contribution >= 0.6 is 11.3 Å². The van der Waals surface area contributed by atoms with Crippen molar-refractivity contribution in [3.8, 4) is 11.5 Å². The van der Waals surface area contributed by atoms with Crippen LogP contribution in [0.25, 0.3) is 0 Å². The molecule has 0 radical (unpaired) electrons. The summed E-state index contributed by atoms with van der Waals surface area (Å²) in [5.41, 5.74) is 1.96. The monoisotopic (exact) mass is 374 g/mol. The van der Waals surface area contributed by atoms with E-state index in [1.54, 1.807) is 11.3 Å². The summed E-state index contributed by atoms with van der Waals surface area (Å²) in [5.74, 6) is 1.93. The number of carbonyl (C=O) groups is 1. The first kappa shape index (κ1) is 18.7. The van der Waals surface area contributed by atoms with Crippen LogP contribution in [-0.2, 0) is 11.2 Å². The van der Waals surface area contributed by atoms with Crippen LogP contribution in [0, 0.1) is 19.8 Å². The first-order valence-corrected chi connectivity index (χ1v) is 9.86. The average molecular weight is 375 g/mol. The van der Waals surface area contributed by atoms with Gasteiger partial charge in [0.2, 0.25) is 5.91 Å². The molecule has 140 valence electrons. The first-order chi connectivity index (χ1) is 12.4. The molecule has 1 amide bonds. The predicted octanol–water partition coefficient (Wildman–Crippen LogP) is 3.98. The van der Waals surface area contributed by atoms with Crippen LogP contribution in [0.4, 0.5) is 0 Å². The third-order valence-corrected chi connectivity index (χ3v) is 5.54. The lowest BCUT2D eigenvalue weighted by Crippen LogP contribution is -2.30. The molecule has 0 aliphatic carbocycles. The SMILES string of the molecule is Cc1nc(C(CC(C)C)NC(=O)Cc2ccc3c(c2)OCCO3)sc1C. The van der Waals surface area contributed by atoms with Crippen molar-refractivity contribution >= 4 is 17.2 Å². The molecule has 0 saturated heterocycles. The number of nitrogens with zero attached hydrogens (tertiary/aromatic N) is 1. The summed E-state index contributed by atoms with van der Waals surface area (Å²) in [6.07, 6.45) is 1.19. The van der Waals surface area contributed by atoms with E-state index in [0.717, 1.165) is 28.4 Å². The highest BCUT2D eigenvalue weighted by atomic mass is 32.1. The number of benzene rings is 1. The van der Waals surface area contributed by atoms with Gasteiger partial charge in [0.15, 0.2) is 11.5 Å². The zero-order chi connectivity index (χ0) is 18.7. The smallest absolute Gasteiger partial charge is 0.224 e. The molecular formula is C20H26N2O3S. The maximum atomic E-state index is 12.6. The second kappa shape index (κ2) is 8.08. The fraction of sp³-hybridized carbons (Fsp3) is 0.500. The Labute approximate surface area is 158 Å². The van der Waals surface area contributed by atoms with Gasteiger partial charge in [0.25, 0.3) is 0 Å². The number of nitrogens with one attached hydrogen (secondary N) is 1. The highest BCUT2D eigenvalue weighted by molar-refractivity contribution is 7.11. The lowest BCUT2D eigenvalue weighted by molar-refractivity contribution is -0.121. The molecule has 0 spiro atoms.